The van der Waals surface area contributed by atoms with Crippen molar-refractivity contribution < 1.29 is 9.47 Å². The number of nitrogens with one attached hydrogen (secondary N) is 2. The average molecular weight is 432 g/mol. The number of aryl methyl sites for hydroxylation is 1. The molecule has 0 saturated carbocycles. The van der Waals surface area contributed by atoms with Crippen LogP contribution in [0.5, 0.6) is 11.5 Å². The molecule has 0 spiro atoms. The Hall–Kier alpha value is -2.21. The van der Waals surface area contributed by atoms with Crippen LogP contribution in [0, 0.1) is 6.92 Å². The van der Waals surface area contributed by atoms with Crippen LogP contribution in [0.3, 0.4) is 0 Å². The molecule has 0 radical (unpaired) electrons. The minimum Gasteiger partial charge on any atom is -0.454 e. The van der Waals surface area contributed by atoms with Crippen LogP contribution in [0.4, 0.5) is 0 Å². The first-order chi connectivity index (χ1) is 13.6. The Labute approximate surface area is 177 Å². The highest BCUT2D eigenvalue weighted by Gasteiger charge is 2.10. The van der Waals surface area contributed by atoms with Gasteiger partial charge >= 0.3 is 0 Å². The van der Waals surface area contributed by atoms with Crippen LogP contribution in [0.2, 0.25) is 0 Å². The summed E-state index contributed by atoms with van der Waals surface area (Å²) in [6.45, 7) is 3.28. The maximum absolute atomic E-state index is 5.21. The van der Waals surface area contributed by atoms with Crippen LogP contribution < -0.4 is 14.8 Å². The van der Waals surface area contributed by atoms with E-state index in [0.717, 1.165) is 24.5 Å². The summed E-state index contributed by atoms with van der Waals surface area (Å²) in [4.78, 5) is 5.13. The Kier molecular flexibility index (Phi) is 7.20. The molecule has 0 amide bonds. The van der Waals surface area contributed by atoms with Crippen molar-refractivity contribution in [2.75, 3.05) is 20.4 Å². The van der Waals surface area contributed by atoms with Gasteiger partial charge in [-0.3, -0.25) is 0 Å². The molecule has 0 saturated heterocycles. The third-order valence-electron chi connectivity index (χ3n) is 4.33. The van der Waals surface area contributed by atoms with Crippen LogP contribution in [0.25, 0.3) is 10.9 Å². The zero-order valence-electron chi connectivity index (χ0n) is 15.8. The van der Waals surface area contributed by atoms with Gasteiger partial charge in [0.1, 0.15) is 0 Å². The second kappa shape index (κ2) is 9.82. The summed E-state index contributed by atoms with van der Waals surface area (Å²) in [5.74, 6) is 5.77. The Balaban J connectivity index is 0.000000206. The molecule has 1 aromatic carbocycles. The largest absolute Gasteiger partial charge is 0.454 e. The topological polar surface area (TPSA) is 49.5 Å². The molecule has 3 aromatic rings. The molecule has 0 unspecified atom stereocenters. The van der Waals surface area contributed by atoms with Gasteiger partial charge in [-0.15, -0.1) is 0 Å². The molecule has 8 heteroatoms. The number of fused-ring (bicyclic) bond motifs is 2. The molecule has 0 fully saturated rings. The number of ether oxygens (including phenoxy) is 2. The third-order valence-corrected chi connectivity index (χ3v) is 5.79. The summed E-state index contributed by atoms with van der Waals surface area (Å²) >= 11 is 10.0. The standard InChI is InChI=1S/C14H17N3S2.C6H5O2P/c1-10-11(7-8-15-14(19)17(2)9-18)12-5-3-4-6-13(12)16-10;1-2-9-3-6-5(1)7-4-8-6/h3-6,9,16H,7-8H2,1-2H3,(H,15,19);1-3H,4H2. The van der Waals surface area contributed by atoms with Crippen LogP contribution >= 0.6 is 32.6 Å². The van der Waals surface area contributed by atoms with Crippen molar-refractivity contribution >= 4 is 54.1 Å². The normalized spacial score (nSPS) is 11.8. The van der Waals surface area contributed by atoms with Crippen molar-refractivity contribution in [1.29, 1.82) is 0 Å². The highest BCUT2D eigenvalue weighted by molar-refractivity contribution is 7.81. The van der Waals surface area contributed by atoms with Crippen LogP contribution in [-0.4, -0.2) is 40.9 Å². The van der Waals surface area contributed by atoms with Crippen molar-refractivity contribution in [2.24, 2.45) is 0 Å². The van der Waals surface area contributed by atoms with E-state index >= 15 is 0 Å². The second-order valence-electron chi connectivity index (χ2n) is 6.20. The van der Waals surface area contributed by atoms with E-state index in [0.29, 0.717) is 11.9 Å². The summed E-state index contributed by atoms with van der Waals surface area (Å²) in [6.07, 6.45) is 0.932. The van der Waals surface area contributed by atoms with E-state index in [4.69, 9.17) is 33.9 Å². The molecule has 1 aliphatic heterocycles. The molecule has 4 rings (SSSR count). The van der Waals surface area contributed by atoms with Gasteiger partial charge < -0.3 is 24.7 Å². The van der Waals surface area contributed by atoms with Gasteiger partial charge in [0.05, 0.1) is 5.49 Å². The lowest BCUT2D eigenvalue weighted by Crippen LogP contribution is -2.36. The Morgan fingerprint density at radius 1 is 1.29 bits per heavy atom. The van der Waals surface area contributed by atoms with Gasteiger partial charge in [-0.1, -0.05) is 38.6 Å². The minimum absolute atomic E-state index is 0.376. The molecule has 3 heterocycles. The first-order valence-corrected chi connectivity index (χ1v) is 10.7. The number of thiocarbonyl (C=S) groups is 2. The van der Waals surface area contributed by atoms with E-state index in [9.17, 15) is 0 Å². The van der Waals surface area contributed by atoms with Gasteiger partial charge in [-0.2, -0.15) is 0 Å². The number of hydrogen-bond acceptors (Lipinski definition) is 4. The predicted octanol–water partition coefficient (Wildman–Crippen LogP) is 4.78. The van der Waals surface area contributed by atoms with E-state index in [1.54, 1.807) is 4.90 Å². The van der Waals surface area contributed by atoms with Crippen molar-refractivity contribution in [2.45, 2.75) is 13.3 Å². The van der Waals surface area contributed by atoms with Gasteiger partial charge in [0, 0.05) is 36.0 Å². The summed E-state index contributed by atoms with van der Waals surface area (Å²) < 4.78 is 10.2. The predicted molar refractivity (Wildman–Crippen MR) is 124 cm³/mol. The molecule has 5 nitrogen and oxygen atoms in total. The fraction of sp³-hybridized carbons (Fsp3) is 0.250. The summed E-state index contributed by atoms with van der Waals surface area (Å²) in [7, 11) is 3.02. The van der Waals surface area contributed by atoms with E-state index in [1.165, 1.54) is 35.8 Å². The van der Waals surface area contributed by atoms with Crippen molar-refractivity contribution in [3.05, 3.63) is 53.2 Å². The molecule has 2 N–H and O–H groups in total. The van der Waals surface area contributed by atoms with Crippen LogP contribution in [-0.2, 0) is 6.42 Å². The van der Waals surface area contributed by atoms with Crippen LogP contribution in [0.1, 0.15) is 11.3 Å². The quantitative estimate of drug-likeness (QED) is 0.580. The highest BCUT2D eigenvalue weighted by atomic mass is 32.1. The zero-order valence-corrected chi connectivity index (χ0v) is 18.3. The lowest BCUT2D eigenvalue weighted by atomic mass is 10.1. The summed E-state index contributed by atoms with van der Waals surface area (Å²) in [5.41, 5.74) is 5.29. The fourth-order valence-electron chi connectivity index (χ4n) is 2.88. The molecule has 2 aromatic heterocycles. The monoisotopic (exact) mass is 431 g/mol. The Bertz CT molecular complexity index is 954. The highest BCUT2D eigenvalue weighted by Crippen LogP contribution is 2.33. The smallest absolute Gasteiger partial charge is 0.231 e. The van der Waals surface area contributed by atoms with Crippen molar-refractivity contribution in [3.8, 4) is 11.5 Å². The molecule has 1 aliphatic rings. The molecule has 0 aliphatic carbocycles. The number of rotatable bonds is 4. The third kappa shape index (κ3) is 4.98. The van der Waals surface area contributed by atoms with Gasteiger partial charge in [-0.25, -0.2) is 0 Å². The number of aromatic amines is 1. The number of benzene rings is 1. The molecular formula is C20H22N3O2PS2. The number of nitrogens with zero attached hydrogens (tertiary/aromatic N) is 1. The number of para-hydroxylation sites is 1. The SMILES string of the molecule is Cc1[nH]c2ccccc2c1CCNC(=S)N(C)C=S.c1cc2c(cp1)OCO2. The number of hydrogen-bond donors (Lipinski definition) is 2. The maximum atomic E-state index is 5.21. The fourth-order valence-corrected chi connectivity index (χ4v) is 3.85. The number of H-pyrrole nitrogens is 1. The van der Waals surface area contributed by atoms with Crippen LogP contribution in [0.15, 0.2) is 41.9 Å². The number of aromatic nitrogens is 1. The molecule has 0 atom stereocenters. The summed E-state index contributed by atoms with van der Waals surface area (Å²) in [5, 5.41) is 5.16. The Morgan fingerprint density at radius 2 is 2.07 bits per heavy atom. The van der Waals surface area contributed by atoms with Gasteiger partial charge in [0.25, 0.3) is 0 Å². The van der Waals surface area contributed by atoms with Gasteiger partial charge in [-0.05, 0) is 49.1 Å². The molecular weight excluding hydrogens is 409 g/mol. The lowest BCUT2D eigenvalue weighted by molar-refractivity contribution is 0.174. The average Bonchev–Trinajstić information content (AvgIpc) is 3.32. The maximum Gasteiger partial charge on any atom is 0.231 e. The van der Waals surface area contributed by atoms with Crippen molar-refractivity contribution in [3.63, 3.8) is 0 Å². The molecule has 0 bridgehead atoms. The summed E-state index contributed by atoms with van der Waals surface area (Å²) in [6, 6.07) is 10.3. The van der Waals surface area contributed by atoms with E-state index < -0.39 is 0 Å². The first-order valence-electron chi connectivity index (χ1n) is 8.82. The van der Waals surface area contributed by atoms with E-state index in [1.807, 2.05) is 30.8 Å². The first kappa shape index (κ1) is 20.5. The van der Waals surface area contributed by atoms with E-state index in [-0.39, 0.29) is 0 Å². The zero-order chi connectivity index (χ0) is 19.9. The second-order valence-corrected chi connectivity index (χ2v) is 7.65. The van der Waals surface area contributed by atoms with Gasteiger partial charge in [0.2, 0.25) is 6.79 Å². The van der Waals surface area contributed by atoms with E-state index in [2.05, 4.69) is 35.4 Å². The van der Waals surface area contributed by atoms with Gasteiger partial charge in [0.15, 0.2) is 16.6 Å². The van der Waals surface area contributed by atoms with Crippen molar-refractivity contribution in [1.82, 2.24) is 15.2 Å². The molecule has 146 valence electrons. The molecule has 28 heavy (non-hydrogen) atoms. The Morgan fingerprint density at radius 3 is 2.86 bits per heavy atom. The minimum atomic E-state index is 0.376. The lowest BCUT2D eigenvalue weighted by Gasteiger charge is -2.15.